The zero-order chi connectivity index (χ0) is 18.5. The number of hydrogen-bond acceptors (Lipinski definition) is 3. The van der Waals surface area contributed by atoms with Gasteiger partial charge in [-0.1, -0.05) is 19.3 Å². The van der Waals surface area contributed by atoms with Gasteiger partial charge < -0.3 is 20.0 Å². The Hall–Kier alpha value is -1.79. The lowest BCUT2D eigenvalue weighted by Gasteiger charge is -2.39. The standard InChI is InChI=1S/C19H32N4O3/c1-15(24)21-9-7-16(8-10-21)18(25)22-11-13-23(14-12-22)19(26)20-17-5-3-2-4-6-17/h16-17H,2-14H2,1H3,(H,20,26). The zero-order valence-corrected chi connectivity index (χ0v) is 15.9. The van der Waals surface area contributed by atoms with Crippen molar-refractivity contribution in [3.63, 3.8) is 0 Å². The third-order valence-corrected chi connectivity index (χ3v) is 6.10. The van der Waals surface area contributed by atoms with Gasteiger partial charge in [-0.15, -0.1) is 0 Å². The van der Waals surface area contributed by atoms with Crippen LogP contribution in [0.5, 0.6) is 0 Å². The van der Waals surface area contributed by atoms with Crippen LogP contribution in [0, 0.1) is 5.92 Å². The van der Waals surface area contributed by atoms with Crippen LogP contribution in [0.2, 0.25) is 0 Å². The summed E-state index contributed by atoms with van der Waals surface area (Å²) in [5.74, 6) is 0.308. The Morgan fingerprint density at radius 1 is 0.731 bits per heavy atom. The molecule has 0 unspecified atom stereocenters. The maximum Gasteiger partial charge on any atom is 0.317 e. The molecule has 0 spiro atoms. The highest BCUT2D eigenvalue weighted by atomic mass is 16.2. The zero-order valence-electron chi connectivity index (χ0n) is 15.9. The predicted molar refractivity (Wildman–Crippen MR) is 98.5 cm³/mol. The maximum absolute atomic E-state index is 12.7. The van der Waals surface area contributed by atoms with Crippen LogP contribution < -0.4 is 5.32 Å². The van der Waals surface area contributed by atoms with E-state index in [4.69, 9.17) is 0 Å². The fourth-order valence-corrected chi connectivity index (χ4v) is 4.34. The van der Waals surface area contributed by atoms with Crippen molar-refractivity contribution in [2.45, 2.75) is 57.9 Å². The van der Waals surface area contributed by atoms with Gasteiger partial charge in [0.25, 0.3) is 0 Å². The molecule has 1 saturated carbocycles. The number of hydrogen-bond donors (Lipinski definition) is 1. The van der Waals surface area contributed by atoms with E-state index in [2.05, 4.69) is 5.32 Å². The topological polar surface area (TPSA) is 73.0 Å². The molecule has 0 aromatic carbocycles. The van der Waals surface area contributed by atoms with E-state index in [1.807, 2.05) is 14.7 Å². The van der Waals surface area contributed by atoms with Gasteiger partial charge in [0.2, 0.25) is 11.8 Å². The highest BCUT2D eigenvalue weighted by molar-refractivity contribution is 5.80. The molecule has 4 amide bonds. The van der Waals surface area contributed by atoms with E-state index in [1.54, 1.807) is 6.92 Å². The lowest BCUT2D eigenvalue weighted by molar-refractivity contribution is -0.141. The van der Waals surface area contributed by atoms with Crippen LogP contribution in [0.1, 0.15) is 51.9 Å². The van der Waals surface area contributed by atoms with Gasteiger partial charge in [0, 0.05) is 58.2 Å². The summed E-state index contributed by atoms with van der Waals surface area (Å²) in [6.07, 6.45) is 7.36. The second-order valence-corrected chi connectivity index (χ2v) is 7.88. The van der Waals surface area contributed by atoms with E-state index in [1.165, 1.54) is 19.3 Å². The molecule has 7 nitrogen and oxygen atoms in total. The number of piperidine rings is 1. The molecule has 3 fully saturated rings. The highest BCUT2D eigenvalue weighted by Gasteiger charge is 2.32. The summed E-state index contributed by atoms with van der Waals surface area (Å²) < 4.78 is 0. The van der Waals surface area contributed by atoms with Crippen molar-refractivity contribution >= 4 is 17.8 Å². The van der Waals surface area contributed by atoms with Gasteiger partial charge in [-0.25, -0.2) is 4.79 Å². The van der Waals surface area contributed by atoms with E-state index in [0.717, 1.165) is 25.7 Å². The van der Waals surface area contributed by atoms with Gasteiger partial charge >= 0.3 is 6.03 Å². The molecule has 0 aromatic rings. The van der Waals surface area contributed by atoms with Crippen molar-refractivity contribution in [3.8, 4) is 0 Å². The van der Waals surface area contributed by atoms with E-state index >= 15 is 0 Å². The molecule has 2 heterocycles. The molecule has 3 rings (SSSR count). The number of carbonyl (C=O) groups excluding carboxylic acids is 3. The molecule has 26 heavy (non-hydrogen) atoms. The molecule has 0 atom stereocenters. The first-order valence-corrected chi connectivity index (χ1v) is 10.1. The molecule has 0 aromatic heterocycles. The largest absolute Gasteiger partial charge is 0.343 e. The minimum Gasteiger partial charge on any atom is -0.343 e. The van der Waals surface area contributed by atoms with Crippen LogP contribution in [0.4, 0.5) is 4.79 Å². The normalized spacial score (nSPS) is 23.0. The molecular formula is C19H32N4O3. The minimum absolute atomic E-state index is 0.0215. The first-order chi connectivity index (χ1) is 12.5. The monoisotopic (exact) mass is 364 g/mol. The van der Waals surface area contributed by atoms with E-state index < -0.39 is 0 Å². The Bertz CT molecular complexity index is 517. The number of amides is 4. The first kappa shape index (κ1) is 19.0. The molecule has 2 aliphatic heterocycles. The van der Waals surface area contributed by atoms with Crippen molar-refractivity contribution in [1.82, 2.24) is 20.0 Å². The summed E-state index contributed by atoms with van der Waals surface area (Å²) >= 11 is 0. The van der Waals surface area contributed by atoms with Crippen LogP contribution in [0.3, 0.4) is 0 Å². The summed E-state index contributed by atoms with van der Waals surface area (Å²) in [7, 11) is 0. The van der Waals surface area contributed by atoms with Crippen LogP contribution in [-0.2, 0) is 9.59 Å². The Morgan fingerprint density at radius 2 is 1.31 bits per heavy atom. The number of likely N-dealkylation sites (tertiary alicyclic amines) is 1. The lowest BCUT2D eigenvalue weighted by Crippen LogP contribution is -2.56. The minimum atomic E-state index is 0.0215. The molecule has 146 valence electrons. The summed E-state index contributed by atoms with van der Waals surface area (Å²) in [5, 5.41) is 3.16. The van der Waals surface area contributed by atoms with E-state index in [-0.39, 0.29) is 23.8 Å². The average molecular weight is 364 g/mol. The lowest BCUT2D eigenvalue weighted by atomic mass is 9.95. The SMILES string of the molecule is CC(=O)N1CCC(C(=O)N2CCN(C(=O)NC3CCCCC3)CC2)CC1. The van der Waals surface area contributed by atoms with Crippen molar-refractivity contribution in [2.24, 2.45) is 5.92 Å². The summed E-state index contributed by atoms with van der Waals surface area (Å²) in [6, 6.07) is 0.348. The Balaban J connectivity index is 1.41. The average Bonchev–Trinajstić information content (AvgIpc) is 2.68. The molecule has 2 saturated heterocycles. The fraction of sp³-hybridized carbons (Fsp3) is 0.842. The molecule has 0 radical (unpaired) electrons. The second kappa shape index (κ2) is 8.73. The van der Waals surface area contributed by atoms with Gasteiger partial charge in [0.1, 0.15) is 0 Å². The Labute approximate surface area is 156 Å². The number of rotatable bonds is 2. The molecular weight excluding hydrogens is 332 g/mol. The van der Waals surface area contributed by atoms with Crippen molar-refractivity contribution in [1.29, 1.82) is 0 Å². The number of nitrogens with zero attached hydrogens (tertiary/aromatic N) is 3. The van der Waals surface area contributed by atoms with Crippen molar-refractivity contribution < 1.29 is 14.4 Å². The molecule has 0 bridgehead atoms. The predicted octanol–water partition coefficient (Wildman–Crippen LogP) is 1.43. The number of piperazine rings is 1. The van der Waals surface area contributed by atoms with Gasteiger partial charge in [-0.05, 0) is 25.7 Å². The van der Waals surface area contributed by atoms with E-state index in [9.17, 15) is 14.4 Å². The highest BCUT2D eigenvalue weighted by Crippen LogP contribution is 2.21. The summed E-state index contributed by atoms with van der Waals surface area (Å²) in [4.78, 5) is 42.1. The third-order valence-electron chi connectivity index (χ3n) is 6.10. The Morgan fingerprint density at radius 3 is 1.88 bits per heavy atom. The molecule has 1 aliphatic carbocycles. The van der Waals surface area contributed by atoms with E-state index in [0.29, 0.717) is 45.3 Å². The molecule has 3 aliphatic rings. The van der Waals surface area contributed by atoms with Crippen LogP contribution in [0.25, 0.3) is 0 Å². The summed E-state index contributed by atoms with van der Waals surface area (Å²) in [6.45, 7) is 5.38. The van der Waals surface area contributed by atoms with Gasteiger partial charge in [0.15, 0.2) is 0 Å². The number of carbonyl (C=O) groups is 3. The quantitative estimate of drug-likeness (QED) is 0.806. The maximum atomic E-state index is 12.7. The van der Waals surface area contributed by atoms with Crippen molar-refractivity contribution in [2.75, 3.05) is 39.3 Å². The van der Waals surface area contributed by atoms with Gasteiger partial charge in [-0.3, -0.25) is 9.59 Å². The molecule has 1 N–H and O–H groups in total. The number of nitrogens with one attached hydrogen (secondary N) is 1. The van der Waals surface area contributed by atoms with Gasteiger partial charge in [-0.2, -0.15) is 0 Å². The second-order valence-electron chi connectivity index (χ2n) is 7.88. The first-order valence-electron chi connectivity index (χ1n) is 10.1. The van der Waals surface area contributed by atoms with Gasteiger partial charge in [0.05, 0.1) is 0 Å². The van der Waals surface area contributed by atoms with Crippen LogP contribution in [0.15, 0.2) is 0 Å². The third kappa shape index (κ3) is 4.68. The smallest absolute Gasteiger partial charge is 0.317 e. The number of urea groups is 1. The van der Waals surface area contributed by atoms with Crippen LogP contribution in [-0.4, -0.2) is 77.9 Å². The molecule has 7 heteroatoms. The Kier molecular flexibility index (Phi) is 6.38. The fourth-order valence-electron chi connectivity index (χ4n) is 4.34. The summed E-state index contributed by atoms with van der Waals surface area (Å²) in [5.41, 5.74) is 0. The van der Waals surface area contributed by atoms with Crippen molar-refractivity contribution in [3.05, 3.63) is 0 Å². The van der Waals surface area contributed by atoms with Crippen LogP contribution >= 0.6 is 0 Å².